The van der Waals surface area contributed by atoms with Crippen LogP contribution in [0.15, 0.2) is 54.9 Å². The Hall–Kier alpha value is -3.06. The van der Waals surface area contributed by atoms with E-state index in [9.17, 15) is 4.79 Å². The summed E-state index contributed by atoms with van der Waals surface area (Å²) >= 11 is 0. The van der Waals surface area contributed by atoms with Gasteiger partial charge < -0.3 is 19.4 Å². The highest BCUT2D eigenvalue weighted by Crippen LogP contribution is 2.23. The number of hydrogen-bond acceptors (Lipinski definition) is 4. The van der Waals surface area contributed by atoms with E-state index in [4.69, 9.17) is 4.74 Å². The van der Waals surface area contributed by atoms with Crippen LogP contribution in [0.25, 0.3) is 5.65 Å². The van der Waals surface area contributed by atoms with Gasteiger partial charge in [0.25, 0.3) is 0 Å². The highest BCUT2D eigenvalue weighted by Gasteiger charge is 2.22. The maximum Gasteiger partial charge on any atom is 0.322 e. The fraction of sp³-hybridized carbons (Fsp3) is 0.300. The number of methoxy groups -OCH3 is 1. The van der Waals surface area contributed by atoms with Gasteiger partial charge >= 0.3 is 6.03 Å². The van der Waals surface area contributed by atoms with Crippen LogP contribution in [0.5, 0.6) is 5.75 Å². The van der Waals surface area contributed by atoms with Crippen LogP contribution in [0.3, 0.4) is 0 Å². The number of amides is 2. The average molecular weight is 365 g/mol. The van der Waals surface area contributed by atoms with E-state index in [1.165, 1.54) is 0 Å². The maximum absolute atomic E-state index is 12.5. The number of hydrogen-bond donors (Lipinski definition) is 1. The number of rotatable bonds is 4. The Morgan fingerprint density at radius 2 is 1.89 bits per heavy atom. The molecule has 0 saturated carbocycles. The summed E-state index contributed by atoms with van der Waals surface area (Å²) in [5.41, 5.74) is 2.70. The van der Waals surface area contributed by atoms with Crippen molar-refractivity contribution in [3.63, 3.8) is 0 Å². The normalized spacial score (nSPS) is 15.1. The van der Waals surface area contributed by atoms with Crippen LogP contribution >= 0.6 is 0 Å². The van der Waals surface area contributed by atoms with Crippen molar-refractivity contribution in [2.24, 2.45) is 0 Å². The van der Waals surface area contributed by atoms with Gasteiger partial charge in [-0.1, -0.05) is 18.2 Å². The van der Waals surface area contributed by atoms with Crippen LogP contribution in [0.2, 0.25) is 0 Å². The zero-order valence-corrected chi connectivity index (χ0v) is 15.3. The molecule has 0 atom stereocenters. The maximum atomic E-state index is 12.5. The Labute approximate surface area is 158 Å². The molecule has 1 N–H and O–H groups in total. The minimum Gasteiger partial charge on any atom is -0.495 e. The van der Waals surface area contributed by atoms with E-state index in [0.717, 1.165) is 31.0 Å². The molecule has 1 aliphatic heterocycles. The quantitative estimate of drug-likeness (QED) is 0.772. The summed E-state index contributed by atoms with van der Waals surface area (Å²) in [6, 6.07) is 13.3. The molecule has 140 valence electrons. The number of fused-ring (bicyclic) bond motifs is 1. The van der Waals surface area contributed by atoms with Gasteiger partial charge in [-0.25, -0.2) is 9.78 Å². The number of para-hydroxylation sites is 2. The summed E-state index contributed by atoms with van der Waals surface area (Å²) in [6.45, 7) is 3.83. The summed E-state index contributed by atoms with van der Waals surface area (Å²) in [5.74, 6) is 0.663. The Kier molecular flexibility index (Phi) is 4.93. The number of imidazole rings is 1. The Morgan fingerprint density at radius 1 is 1.11 bits per heavy atom. The highest BCUT2D eigenvalue weighted by atomic mass is 16.5. The summed E-state index contributed by atoms with van der Waals surface area (Å²) in [6.07, 6.45) is 4.07. The first-order chi connectivity index (χ1) is 13.2. The van der Waals surface area contributed by atoms with Crippen molar-refractivity contribution < 1.29 is 9.53 Å². The summed E-state index contributed by atoms with van der Waals surface area (Å²) in [4.78, 5) is 21.4. The molecule has 7 nitrogen and oxygen atoms in total. The number of ether oxygens (including phenoxy) is 1. The van der Waals surface area contributed by atoms with Crippen molar-refractivity contribution in [2.75, 3.05) is 38.6 Å². The number of benzene rings is 1. The monoisotopic (exact) mass is 365 g/mol. The number of anilines is 1. The highest BCUT2D eigenvalue weighted by molar-refractivity contribution is 5.91. The Morgan fingerprint density at radius 3 is 2.67 bits per heavy atom. The molecule has 7 heteroatoms. The molecule has 3 heterocycles. The second kappa shape index (κ2) is 7.67. The number of nitrogens with zero attached hydrogens (tertiary/aromatic N) is 4. The van der Waals surface area contributed by atoms with E-state index >= 15 is 0 Å². The van der Waals surface area contributed by atoms with Crippen molar-refractivity contribution in [1.82, 2.24) is 19.2 Å². The fourth-order valence-electron chi connectivity index (χ4n) is 3.34. The molecular weight excluding hydrogens is 342 g/mol. The van der Waals surface area contributed by atoms with Gasteiger partial charge in [-0.05, 0) is 24.3 Å². The summed E-state index contributed by atoms with van der Waals surface area (Å²) < 4.78 is 7.33. The van der Waals surface area contributed by atoms with E-state index < -0.39 is 0 Å². The van der Waals surface area contributed by atoms with Crippen LogP contribution in [-0.4, -0.2) is 58.5 Å². The first-order valence-corrected chi connectivity index (χ1v) is 9.07. The fourth-order valence-corrected chi connectivity index (χ4v) is 3.34. The van der Waals surface area contributed by atoms with Crippen molar-refractivity contribution in [3.8, 4) is 5.75 Å². The predicted octanol–water partition coefficient (Wildman–Crippen LogP) is 2.69. The number of pyridine rings is 1. The van der Waals surface area contributed by atoms with E-state index in [1.807, 2.05) is 58.0 Å². The molecule has 1 aliphatic rings. The van der Waals surface area contributed by atoms with Gasteiger partial charge in [0, 0.05) is 45.1 Å². The molecule has 0 bridgehead atoms. The van der Waals surface area contributed by atoms with Crippen molar-refractivity contribution in [3.05, 3.63) is 60.6 Å². The van der Waals surface area contributed by atoms with Crippen LogP contribution < -0.4 is 10.1 Å². The molecule has 1 saturated heterocycles. The van der Waals surface area contributed by atoms with Gasteiger partial charge in [-0.15, -0.1) is 0 Å². The molecular formula is C20H23N5O2. The molecule has 2 aromatic heterocycles. The molecule has 27 heavy (non-hydrogen) atoms. The minimum absolute atomic E-state index is 0.0909. The first-order valence-electron chi connectivity index (χ1n) is 9.07. The lowest BCUT2D eigenvalue weighted by Gasteiger charge is -2.34. The predicted molar refractivity (Wildman–Crippen MR) is 104 cm³/mol. The standard InChI is InChI=1S/C20H23N5O2/c1-27-18-7-3-2-6-17(18)22-20(26)24-12-10-23(11-13-24)14-16-15-25-9-5-4-8-19(25)21-16/h2-9,15H,10-14H2,1H3,(H,22,26). The molecule has 2 amide bonds. The lowest BCUT2D eigenvalue weighted by molar-refractivity contribution is 0.142. The third-order valence-corrected chi connectivity index (χ3v) is 4.81. The molecule has 0 aliphatic carbocycles. The lowest BCUT2D eigenvalue weighted by atomic mass is 10.3. The van der Waals surface area contributed by atoms with Crippen molar-refractivity contribution in [2.45, 2.75) is 6.54 Å². The summed E-state index contributed by atoms with van der Waals surface area (Å²) in [5, 5.41) is 2.94. The Balaban J connectivity index is 1.32. The number of nitrogens with one attached hydrogen (secondary N) is 1. The van der Waals surface area contributed by atoms with Crippen molar-refractivity contribution in [1.29, 1.82) is 0 Å². The van der Waals surface area contributed by atoms with Crippen LogP contribution in [-0.2, 0) is 6.54 Å². The molecule has 4 rings (SSSR count). The molecule has 0 spiro atoms. The molecule has 0 unspecified atom stereocenters. The van der Waals surface area contributed by atoms with Gasteiger partial charge in [0.2, 0.25) is 0 Å². The van der Waals surface area contributed by atoms with Gasteiger partial charge in [-0.3, -0.25) is 4.90 Å². The lowest BCUT2D eigenvalue weighted by Crippen LogP contribution is -2.49. The van der Waals surface area contributed by atoms with Gasteiger partial charge in [0.05, 0.1) is 18.5 Å². The number of carbonyl (C=O) groups is 1. The van der Waals surface area contributed by atoms with E-state index in [1.54, 1.807) is 7.11 Å². The first kappa shape index (κ1) is 17.4. The number of piperazine rings is 1. The van der Waals surface area contributed by atoms with E-state index in [0.29, 0.717) is 24.5 Å². The van der Waals surface area contributed by atoms with Gasteiger partial charge in [-0.2, -0.15) is 0 Å². The number of aromatic nitrogens is 2. The topological polar surface area (TPSA) is 62.1 Å². The number of carbonyl (C=O) groups excluding carboxylic acids is 1. The van der Waals surface area contributed by atoms with Crippen LogP contribution in [0, 0.1) is 0 Å². The van der Waals surface area contributed by atoms with Gasteiger partial charge in [0.1, 0.15) is 11.4 Å². The third-order valence-electron chi connectivity index (χ3n) is 4.81. The second-order valence-corrected chi connectivity index (χ2v) is 6.59. The van der Waals surface area contributed by atoms with E-state index in [-0.39, 0.29) is 6.03 Å². The largest absolute Gasteiger partial charge is 0.495 e. The SMILES string of the molecule is COc1ccccc1NC(=O)N1CCN(Cc2cn3ccccc3n2)CC1. The number of urea groups is 1. The third kappa shape index (κ3) is 3.88. The van der Waals surface area contributed by atoms with Crippen LogP contribution in [0.4, 0.5) is 10.5 Å². The second-order valence-electron chi connectivity index (χ2n) is 6.59. The molecule has 0 radical (unpaired) electrons. The van der Waals surface area contributed by atoms with Crippen molar-refractivity contribution >= 4 is 17.4 Å². The van der Waals surface area contributed by atoms with Gasteiger partial charge in [0.15, 0.2) is 0 Å². The average Bonchev–Trinajstić information content (AvgIpc) is 3.11. The molecule has 1 fully saturated rings. The zero-order chi connectivity index (χ0) is 18.6. The molecule has 3 aromatic rings. The Bertz CT molecular complexity index is 898. The smallest absolute Gasteiger partial charge is 0.322 e. The zero-order valence-electron chi connectivity index (χ0n) is 15.3. The van der Waals surface area contributed by atoms with E-state index in [2.05, 4.69) is 21.4 Å². The summed E-state index contributed by atoms with van der Waals surface area (Å²) in [7, 11) is 1.60. The minimum atomic E-state index is -0.0909. The molecule has 1 aromatic carbocycles. The van der Waals surface area contributed by atoms with Crippen LogP contribution in [0.1, 0.15) is 5.69 Å².